The van der Waals surface area contributed by atoms with Crippen molar-refractivity contribution in [2.24, 2.45) is 0 Å². The molecule has 0 atom stereocenters. The van der Waals surface area contributed by atoms with Crippen LogP contribution < -0.4 is 10.6 Å². The average Bonchev–Trinajstić information content (AvgIpc) is 2.75. The van der Waals surface area contributed by atoms with Crippen molar-refractivity contribution in [3.05, 3.63) is 17.0 Å². The molecule has 1 heterocycles. The Kier molecular flexibility index (Phi) is 6.52. The highest BCUT2D eigenvalue weighted by molar-refractivity contribution is 5.96. The van der Waals surface area contributed by atoms with E-state index >= 15 is 0 Å². The van der Waals surface area contributed by atoms with Crippen LogP contribution in [0.3, 0.4) is 0 Å². The molecule has 6 nitrogen and oxygen atoms in total. The quantitative estimate of drug-likeness (QED) is 0.690. The Morgan fingerprint density at radius 3 is 2.74 bits per heavy atom. The lowest BCUT2D eigenvalue weighted by molar-refractivity contribution is 0.0950. The second kappa shape index (κ2) is 7.91. The van der Waals surface area contributed by atoms with Crippen molar-refractivity contribution in [2.45, 2.75) is 26.7 Å². The summed E-state index contributed by atoms with van der Waals surface area (Å²) in [6.45, 7) is 8.43. The first-order valence-electron chi connectivity index (χ1n) is 6.52. The molecule has 2 N–H and O–H groups in total. The summed E-state index contributed by atoms with van der Waals surface area (Å²) in [4.78, 5) is 12.1. The van der Waals surface area contributed by atoms with Gasteiger partial charge in [0.05, 0.1) is 12.3 Å². The Hall–Kier alpha value is -1.40. The van der Waals surface area contributed by atoms with Gasteiger partial charge in [0.15, 0.2) is 5.76 Å². The van der Waals surface area contributed by atoms with E-state index in [1.54, 1.807) is 14.0 Å². The highest BCUT2D eigenvalue weighted by Crippen LogP contribution is 2.21. The molecule has 6 heteroatoms. The summed E-state index contributed by atoms with van der Waals surface area (Å²) in [5, 5.41) is 9.88. The SMILES string of the molecule is COCCNCCNC(=O)c1c(C)noc1C(C)C. The van der Waals surface area contributed by atoms with E-state index in [9.17, 15) is 4.79 Å². The third kappa shape index (κ3) is 4.65. The molecule has 1 aromatic rings. The first-order chi connectivity index (χ1) is 9.07. The molecule has 0 unspecified atom stereocenters. The van der Waals surface area contributed by atoms with Gasteiger partial charge in [-0.2, -0.15) is 0 Å². The van der Waals surface area contributed by atoms with Gasteiger partial charge in [0, 0.05) is 32.7 Å². The number of aromatic nitrogens is 1. The van der Waals surface area contributed by atoms with Gasteiger partial charge in [-0.05, 0) is 6.92 Å². The molecule has 1 amide bonds. The number of ether oxygens (including phenoxy) is 1. The molecular weight excluding hydrogens is 246 g/mol. The number of methoxy groups -OCH3 is 1. The fourth-order valence-electron chi connectivity index (χ4n) is 1.71. The maximum Gasteiger partial charge on any atom is 0.256 e. The van der Waals surface area contributed by atoms with Gasteiger partial charge in [0.25, 0.3) is 5.91 Å². The number of hydrogen-bond acceptors (Lipinski definition) is 5. The zero-order valence-corrected chi connectivity index (χ0v) is 12.1. The average molecular weight is 269 g/mol. The Labute approximate surface area is 113 Å². The summed E-state index contributed by atoms with van der Waals surface area (Å²) in [6, 6.07) is 0. The van der Waals surface area contributed by atoms with Crippen LogP contribution >= 0.6 is 0 Å². The minimum absolute atomic E-state index is 0.129. The third-order valence-electron chi connectivity index (χ3n) is 2.71. The largest absolute Gasteiger partial charge is 0.383 e. The van der Waals surface area contributed by atoms with Crippen molar-refractivity contribution in [3.8, 4) is 0 Å². The predicted molar refractivity (Wildman–Crippen MR) is 72.4 cm³/mol. The summed E-state index contributed by atoms with van der Waals surface area (Å²) in [5.74, 6) is 0.653. The van der Waals surface area contributed by atoms with Gasteiger partial charge in [-0.1, -0.05) is 19.0 Å². The lowest BCUT2D eigenvalue weighted by Crippen LogP contribution is -2.33. The van der Waals surface area contributed by atoms with Crippen molar-refractivity contribution in [1.29, 1.82) is 0 Å². The number of amides is 1. The van der Waals surface area contributed by atoms with E-state index in [1.165, 1.54) is 0 Å². The Morgan fingerprint density at radius 1 is 1.37 bits per heavy atom. The molecule has 0 saturated carbocycles. The van der Waals surface area contributed by atoms with Gasteiger partial charge >= 0.3 is 0 Å². The van der Waals surface area contributed by atoms with Gasteiger partial charge in [0.2, 0.25) is 0 Å². The standard InChI is InChI=1S/C13H23N3O3/c1-9(2)12-11(10(3)16-19-12)13(17)15-6-5-14-7-8-18-4/h9,14H,5-8H2,1-4H3,(H,15,17). The normalized spacial score (nSPS) is 11.0. The van der Waals surface area contributed by atoms with Crippen LogP contribution in [-0.4, -0.2) is 44.4 Å². The maximum atomic E-state index is 12.1. The van der Waals surface area contributed by atoms with E-state index in [0.29, 0.717) is 36.7 Å². The van der Waals surface area contributed by atoms with Crippen LogP contribution in [0.5, 0.6) is 0 Å². The lowest BCUT2D eigenvalue weighted by Gasteiger charge is -2.08. The molecule has 0 spiro atoms. The van der Waals surface area contributed by atoms with E-state index in [4.69, 9.17) is 9.26 Å². The van der Waals surface area contributed by atoms with Gasteiger partial charge in [0.1, 0.15) is 5.56 Å². The number of aryl methyl sites for hydroxylation is 1. The molecule has 0 aliphatic heterocycles. The van der Waals surface area contributed by atoms with E-state index in [0.717, 1.165) is 6.54 Å². The van der Waals surface area contributed by atoms with Gasteiger partial charge in [-0.25, -0.2) is 0 Å². The molecule has 108 valence electrons. The van der Waals surface area contributed by atoms with Crippen molar-refractivity contribution < 1.29 is 14.1 Å². The maximum absolute atomic E-state index is 12.1. The van der Waals surface area contributed by atoms with Crippen molar-refractivity contribution in [1.82, 2.24) is 15.8 Å². The first-order valence-corrected chi connectivity index (χ1v) is 6.52. The number of carbonyl (C=O) groups is 1. The summed E-state index contributed by atoms with van der Waals surface area (Å²) in [6.07, 6.45) is 0. The fraction of sp³-hybridized carbons (Fsp3) is 0.692. The fourth-order valence-corrected chi connectivity index (χ4v) is 1.71. The first kappa shape index (κ1) is 15.7. The molecule has 0 aliphatic rings. The molecule has 0 aliphatic carbocycles. The van der Waals surface area contributed by atoms with Crippen molar-refractivity contribution in [3.63, 3.8) is 0 Å². The minimum atomic E-state index is -0.129. The van der Waals surface area contributed by atoms with Crippen LogP contribution in [0.15, 0.2) is 4.52 Å². The van der Waals surface area contributed by atoms with Gasteiger partial charge in [-0.15, -0.1) is 0 Å². The van der Waals surface area contributed by atoms with Crippen LogP contribution in [0.25, 0.3) is 0 Å². The molecule has 0 radical (unpaired) electrons. The monoisotopic (exact) mass is 269 g/mol. The Morgan fingerprint density at radius 2 is 2.11 bits per heavy atom. The minimum Gasteiger partial charge on any atom is -0.383 e. The van der Waals surface area contributed by atoms with Crippen molar-refractivity contribution in [2.75, 3.05) is 33.4 Å². The molecule has 1 aromatic heterocycles. The molecule has 1 rings (SSSR count). The van der Waals surface area contributed by atoms with Crippen LogP contribution in [0.1, 0.15) is 41.6 Å². The topological polar surface area (TPSA) is 76.4 Å². The van der Waals surface area contributed by atoms with Crippen LogP contribution in [-0.2, 0) is 4.74 Å². The van der Waals surface area contributed by atoms with E-state index < -0.39 is 0 Å². The van der Waals surface area contributed by atoms with E-state index in [-0.39, 0.29) is 11.8 Å². The lowest BCUT2D eigenvalue weighted by atomic mass is 10.0. The highest BCUT2D eigenvalue weighted by atomic mass is 16.5. The number of carbonyl (C=O) groups excluding carboxylic acids is 1. The molecular formula is C13H23N3O3. The highest BCUT2D eigenvalue weighted by Gasteiger charge is 2.21. The molecule has 0 fully saturated rings. The van der Waals surface area contributed by atoms with Crippen LogP contribution in [0.4, 0.5) is 0 Å². The molecule has 19 heavy (non-hydrogen) atoms. The zero-order valence-electron chi connectivity index (χ0n) is 12.1. The van der Waals surface area contributed by atoms with E-state index in [2.05, 4.69) is 15.8 Å². The second-order valence-electron chi connectivity index (χ2n) is 4.66. The smallest absolute Gasteiger partial charge is 0.256 e. The molecule has 0 saturated heterocycles. The van der Waals surface area contributed by atoms with Crippen LogP contribution in [0, 0.1) is 6.92 Å². The third-order valence-corrected chi connectivity index (χ3v) is 2.71. The summed E-state index contributed by atoms with van der Waals surface area (Å²) < 4.78 is 10.1. The Bertz CT molecular complexity index is 402. The summed E-state index contributed by atoms with van der Waals surface area (Å²) in [7, 11) is 1.66. The number of nitrogens with one attached hydrogen (secondary N) is 2. The molecule has 0 bridgehead atoms. The number of hydrogen-bond donors (Lipinski definition) is 2. The Balaban J connectivity index is 2.43. The number of nitrogens with zero attached hydrogens (tertiary/aromatic N) is 1. The molecule has 0 aromatic carbocycles. The second-order valence-corrected chi connectivity index (χ2v) is 4.66. The summed E-state index contributed by atoms with van der Waals surface area (Å²) in [5.41, 5.74) is 1.19. The predicted octanol–water partition coefficient (Wildman–Crippen LogP) is 1.07. The number of rotatable bonds is 8. The zero-order chi connectivity index (χ0) is 14.3. The van der Waals surface area contributed by atoms with Crippen molar-refractivity contribution >= 4 is 5.91 Å². The summed E-state index contributed by atoms with van der Waals surface area (Å²) >= 11 is 0. The van der Waals surface area contributed by atoms with E-state index in [1.807, 2.05) is 13.8 Å². The van der Waals surface area contributed by atoms with Gasteiger partial charge < -0.3 is 19.9 Å². The van der Waals surface area contributed by atoms with Gasteiger partial charge in [-0.3, -0.25) is 4.79 Å². The van der Waals surface area contributed by atoms with Crippen LogP contribution in [0.2, 0.25) is 0 Å².